The molecule has 1 aromatic carbocycles. The second-order valence-corrected chi connectivity index (χ2v) is 4.00. The van der Waals surface area contributed by atoms with Crippen molar-refractivity contribution < 1.29 is 0 Å². The minimum atomic E-state index is 1.12. The van der Waals surface area contributed by atoms with Crippen LogP contribution in [0.25, 0.3) is 10.6 Å². The molecule has 1 nitrogen and oxygen atoms in total. The van der Waals surface area contributed by atoms with Gasteiger partial charge in [0.1, 0.15) is 5.01 Å². The molecule has 0 aliphatic rings. The largest absolute Gasteiger partial charge is 0.245 e. The summed E-state index contributed by atoms with van der Waals surface area (Å²) in [5, 5.41) is 3.14. The molecule has 0 spiro atoms. The van der Waals surface area contributed by atoms with Crippen LogP contribution in [0.4, 0.5) is 0 Å². The fourth-order valence-corrected chi connectivity index (χ4v) is 2.31. The minimum Gasteiger partial charge on any atom is -0.245 e. The first-order valence-electron chi connectivity index (χ1n) is 4.25. The quantitative estimate of drug-likeness (QED) is 0.669. The zero-order valence-electron chi connectivity index (χ0n) is 7.74. The number of nitrogens with zero attached hydrogens (tertiary/aromatic N) is 1. The molecule has 0 N–H and O–H groups in total. The van der Waals surface area contributed by atoms with Crippen LogP contribution in [-0.4, -0.2) is 4.98 Å². The highest BCUT2D eigenvalue weighted by Gasteiger charge is 2.06. The molecule has 0 saturated carbocycles. The Labute approximate surface area is 82.1 Å². The van der Waals surface area contributed by atoms with Gasteiger partial charge in [-0.25, -0.2) is 4.98 Å². The molecule has 2 heteroatoms. The smallest absolute Gasteiger partial charge is 0.123 e. The van der Waals surface area contributed by atoms with Crippen molar-refractivity contribution in [3.05, 3.63) is 40.9 Å². The molecule has 0 saturated heterocycles. The van der Waals surface area contributed by atoms with E-state index in [9.17, 15) is 0 Å². The third-order valence-corrected chi connectivity index (χ3v) is 2.92. The number of hydrogen-bond acceptors (Lipinski definition) is 2. The Morgan fingerprint density at radius 1 is 1.15 bits per heavy atom. The van der Waals surface area contributed by atoms with E-state index in [1.807, 2.05) is 11.6 Å². The minimum absolute atomic E-state index is 1.12. The molecular weight excluding hydrogens is 178 g/mol. The first-order valence-corrected chi connectivity index (χ1v) is 5.13. The molecule has 0 bridgehead atoms. The summed E-state index contributed by atoms with van der Waals surface area (Å²) in [5.41, 5.74) is 3.89. The molecule has 1 aromatic heterocycles. The molecule has 0 amide bonds. The van der Waals surface area contributed by atoms with Crippen LogP contribution in [0.2, 0.25) is 0 Å². The second-order valence-electron chi connectivity index (χ2n) is 3.10. The van der Waals surface area contributed by atoms with Crippen LogP contribution in [0.5, 0.6) is 0 Å². The second kappa shape index (κ2) is 3.30. The van der Waals surface area contributed by atoms with E-state index >= 15 is 0 Å². The van der Waals surface area contributed by atoms with E-state index in [1.165, 1.54) is 16.7 Å². The number of aryl methyl sites for hydroxylation is 2. The number of aromatic nitrogens is 1. The van der Waals surface area contributed by atoms with Crippen LogP contribution in [0, 0.1) is 13.8 Å². The molecule has 2 aromatic rings. The van der Waals surface area contributed by atoms with Crippen LogP contribution in [0.1, 0.15) is 11.1 Å². The Hall–Kier alpha value is -1.15. The fraction of sp³-hybridized carbons (Fsp3) is 0.182. The predicted octanol–water partition coefficient (Wildman–Crippen LogP) is 3.43. The summed E-state index contributed by atoms with van der Waals surface area (Å²) in [6.07, 6.45) is 1.85. The van der Waals surface area contributed by atoms with Crippen molar-refractivity contribution in [1.82, 2.24) is 4.98 Å². The van der Waals surface area contributed by atoms with Gasteiger partial charge in [0, 0.05) is 17.1 Å². The molecule has 2 rings (SSSR count). The maximum atomic E-state index is 4.33. The van der Waals surface area contributed by atoms with Crippen molar-refractivity contribution in [2.45, 2.75) is 13.8 Å². The van der Waals surface area contributed by atoms with Gasteiger partial charge in [0.2, 0.25) is 0 Å². The Morgan fingerprint density at radius 2 is 1.85 bits per heavy atom. The Balaban J connectivity index is 2.64. The monoisotopic (exact) mass is 189 g/mol. The summed E-state index contributed by atoms with van der Waals surface area (Å²) >= 11 is 1.69. The van der Waals surface area contributed by atoms with E-state index in [1.54, 1.807) is 11.3 Å². The van der Waals surface area contributed by atoms with Gasteiger partial charge in [-0.15, -0.1) is 11.3 Å². The lowest BCUT2D eigenvalue weighted by Crippen LogP contribution is -1.85. The Bertz CT molecular complexity index is 384. The van der Waals surface area contributed by atoms with E-state index in [0.29, 0.717) is 0 Å². The lowest BCUT2D eigenvalue weighted by atomic mass is 10.0. The van der Waals surface area contributed by atoms with Gasteiger partial charge in [-0.2, -0.15) is 0 Å². The van der Waals surface area contributed by atoms with E-state index in [0.717, 1.165) is 5.01 Å². The van der Waals surface area contributed by atoms with E-state index in [-0.39, 0.29) is 0 Å². The normalized spacial score (nSPS) is 10.3. The van der Waals surface area contributed by atoms with Gasteiger partial charge < -0.3 is 0 Å². The molecule has 0 radical (unpaired) electrons. The summed E-state index contributed by atoms with van der Waals surface area (Å²) in [5.74, 6) is 0. The van der Waals surface area contributed by atoms with Crippen molar-refractivity contribution in [3.8, 4) is 10.6 Å². The lowest BCUT2D eigenvalue weighted by molar-refractivity contribution is 1.33. The Kier molecular flexibility index (Phi) is 2.15. The van der Waals surface area contributed by atoms with Gasteiger partial charge in [0.15, 0.2) is 0 Å². The summed E-state index contributed by atoms with van der Waals surface area (Å²) in [7, 11) is 0. The molecule has 66 valence electrons. The predicted molar refractivity (Wildman–Crippen MR) is 57.0 cm³/mol. The van der Waals surface area contributed by atoms with Crippen molar-refractivity contribution in [2.75, 3.05) is 0 Å². The highest BCUT2D eigenvalue weighted by atomic mass is 32.1. The average molecular weight is 189 g/mol. The van der Waals surface area contributed by atoms with Gasteiger partial charge >= 0.3 is 0 Å². The van der Waals surface area contributed by atoms with Crippen molar-refractivity contribution in [2.24, 2.45) is 0 Å². The van der Waals surface area contributed by atoms with Crippen LogP contribution in [0.3, 0.4) is 0 Å². The summed E-state index contributed by atoms with van der Waals surface area (Å²) in [4.78, 5) is 4.33. The van der Waals surface area contributed by atoms with Crippen LogP contribution < -0.4 is 0 Å². The van der Waals surface area contributed by atoms with Crippen LogP contribution in [0.15, 0.2) is 29.8 Å². The number of rotatable bonds is 1. The van der Waals surface area contributed by atoms with Gasteiger partial charge in [0.25, 0.3) is 0 Å². The lowest BCUT2D eigenvalue weighted by Gasteiger charge is -2.05. The standard InChI is InChI=1S/C11H11NS/c1-8-4-3-5-9(2)10(8)11-12-6-7-13-11/h3-7H,1-2H3. The summed E-state index contributed by atoms with van der Waals surface area (Å²) < 4.78 is 0. The van der Waals surface area contributed by atoms with E-state index in [4.69, 9.17) is 0 Å². The highest BCUT2D eigenvalue weighted by Crippen LogP contribution is 2.28. The molecule has 1 heterocycles. The Morgan fingerprint density at radius 3 is 2.38 bits per heavy atom. The van der Waals surface area contributed by atoms with Gasteiger partial charge in [-0.3, -0.25) is 0 Å². The van der Waals surface area contributed by atoms with Crippen molar-refractivity contribution in [3.63, 3.8) is 0 Å². The summed E-state index contributed by atoms with van der Waals surface area (Å²) in [6, 6.07) is 6.34. The average Bonchev–Trinajstić information content (AvgIpc) is 2.57. The van der Waals surface area contributed by atoms with Crippen LogP contribution in [-0.2, 0) is 0 Å². The first-order chi connectivity index (χ1) is 6.29. The van der Waals surface area contributed by atoms with Gasteiger partial charge in [-0.1, -0.05) is 18.2 Å². The van der Waals surface area contributed by atoms with E-state index in [2.05, 4.69) is 37.0 Å². The number of thiazole rings is 1. The topological polar surface area (TPSA) is 12.9 Å². The SMILES string of the molecule is Cc1cccc(C)c1-c1nccs1. The molecule has 0 unspecified atom stereocenters. The third-order valence-electron chi connectivity index (χ3n) is 2.13. The van der Waals surface area contributed by atoms with Crippen molar-refractivity contribution >= 4 is 11.3 Å². The summed E-state index contributed by atoms with van der Waals surface area (Å²) in [6.45, 7) is 4.26. The first kappa shape index (κ1) is 8.45. The fourth-order valence-electron chi connectivity index (χ4n) is 1.50. The molecule has 0 aliphatic carbocycles. The van der Waals surface area contributed by atoms with E-state index < -0.39 is 0 Å². The maximum Gasteiger partial charge on any atom is 0.123 e. The maximum absolute atomic E-state index is 4.33. The number of hydrogen-bond donors (Lipinski definition) is 0. The van der Waals surface area contributed by atoms with Crippen molar-refractivity contribution in [1.29, 1.82) is 0 Å². The van der Waals surface area contributed by atoms with Gasteiger partial charge in [-0.05, 0) is 25.0 Å². The van der Waals surface area contributed by atoms with Gasteiger partial charge in [0.05, 0.1) is 0 Å². The number of benzene rings is 1. The third kappa shape index (κ3) is 1.49. The molecule has 0 aliphatic heterocycles. The molecule has 0 atom stereocenters. The molecule has 0 fully saturated rings. The molecule has 13 heavy (non-hydrogen) atoms. The zero-order valence-corrected chi connectivity index (χ0v) is 8.56. The van der Waals surface area contributed by atoms with Crippen LogP contribution >= 0.6 is 11.3 Å². The highest BCUT2D eigenvalue weighted by molar-refractivity contribution is 7.13. The molecular formula is C11H11NS. The zero-order chi connectivity index (χ0) is 9.26.